The molecule has 0 aliphatic rings. The van der Waals surface area contributed by atoms with E-state index in [0.29, 0.717) is 5.95 Å². The lowest BCUT2D eigenvalue weighted by molar-refractivity contribution is 0.282. The number of anilines is 3. The molecule has 8 heteroatoms. The molecular weight excluding hydrogens is 296 g/mol. The molecule has 0 spiro atoms. The highest BCUT2D eigenvalue weighted by molar-refractivity contribution is 5.39. The lowest BCUT2D eigenvalue weighted by atomic mass is 10.1. The lowest BCUT2D eigenvalue weighted by Crippen LogP contribution is -2.28. The summed E-state index contributed by atoms with van der Waals surface area (Å²) in [5, 5.41) is 17.6. The molecule has 6 N–H and O–H groups in total. The van der Waals surface area contributed by atoms with E-state index in [1.807, 2.05) is 0 Å². The number of nitrogens with two attached hydrogens (primary N) is 2. The topological polar surface area (TPSA) is 134 Å². The van der Waals surface area contributed by atoms with Crippen molar-refractivity contribution in [3.05, 3.63) is 0 Å². The molecule has 0 amide bonds. The normalized spacial score (nSPS) is 10.9. The fourth-order valence-corrected chi connectivity index (χ4v) is 2.39. The number of hydrogen-bond acceptors (Lipinski definition) is 8. The first kappa shape index (κ1) is 19.4. The zero-order chi connectivity index (χ0) is 16.9. The molecule has 1 heterocycles. The van der Waals surface area contributed by atoms with Gasteiger partial charge in [0.2, 0.25) is 17.8 Å². The lowest BCUT2D eigenvalue weighted by Gasteiger charge is -2.22. The first-order chi connectivity index (χ1) is 11.2. The molecule has 0 saturated heterocycles. The van der Waals surface area contributed by atoms with Crippen LogP contribution in [0.3, 0.4) is 0 Å². The molecule has 1 aromatic rings. The molecule has 0 aromatic carbocycles. The summed E-state index contributed by atoms with van der Waals surface area (Å²) >= 11 is 0. The molecule has 0 saturated carbocycles. The van der Waals surface area contributed by atoms with Gasteiger partial charge in [-0.3, -0.25) is 0 Å². The number of aliphatic hydroxyl groups is 2. The summed E-state index contributed by atoms with van der Waals surface area (Å²) in [6.07, 6.45) is 7.82. The Morgan fingerprint density at radius 1 is 0.652 bits per heavy atom. The maximum Gasteiger partial charge on any atom is 0.231 e. The Kier molecular flexibility index (Phi) is 9.97. The highest BCUT2D eigenvalue weighted by atomic mass is 16.3. The van der Waals surface area contributed by atoms with E-state index in [9.17, 15) is 0 Å². The van der Waals surface area contributed by atoms with E-state index in [2.05, 4.69) is 19.9 Å². The van der Waals surface area contributed by atoms with Gasteiger partial charge in [-0.15, -0.1) is 0 Å². The molecule has 0 fully saturated rings. The Morgan fingerprint density at radius 2 is 1.09 bits per heavy atom. The fraction of sp³-hybridized carbons (Fsp3) is 0.800. The van der Waals surface area contributed by atoms with E-state index in [-0.39, 0.29) is 25.1 Å². The number of aromatic nitrogens is 3. The molecular formula is C15H30N6O2. The van der Waals surface area contributed by atoms with Gasteiger partial charge in [0.15, 0.2) is 0 Å². The third kappa shape index (κ3) is 8.51. The average Bonchev–Trinajstić information content (AvgIpc) is 2.51. The summed E-state index contributed by atoms with van der Waals surface area (Å²) in [5.74, 6) is 0.801. The smallest absolute Gasteiger partial charge is 0.231 e. The molecule has 0 atom stereocenters. The van der Waals surface area contributed by atoms with E-state index < -0.39 is 0 Å². The zero-order valence-electron chi connectivity index (χ0n) is 13.8. The molecule has 1 rings (SSSR count). The van der Waals surface area contributed by atoms with E-state index >= 15 is 0 Å². The molecule has 8 nitrogen and oxygen atoms in total. The number of rotatable bonds is 13. The van der Waals surface area contributed by atoms with Gasteiger partial charge in [0.05, 0.1) is 0 Å². The predicted molar refractivity (Wildman–Crippen MR) is 92.0 cm³/mol. The van der Waals surface area contributed by atoms with E-state index in [4.69, 9.17) is 21.7 Å². The monoisotopic (exact) mass is 326 g/mol. The van der Waals surface area contributed by atoms with Crippen LogP contribution in [0.25, 0.3) is 0 Å². The van der Waals surface area contributed by atoms with Gasteiger partial charge in [0.25, 0.3) is 0 Å². The molecule has 0 radical (unpaired) electrons. The van der Waals surface area contributed by atoms with Crippen LogP contribution in [0.5, 0.6) is 0 Å². The maximum absolute atomic E-state index is 8.82. The minimum absolute atomic E-state index is 0.137. The second kappa shape index (κ2) is 11.8. The molecule has 0 bridgehead atoms. The Morgan fingerprint density at radius 3 is 1.52 bits per heavy atom. The van der Waals surface area contributed by atoms with Crippen molar-refractivity contribution in [2.75, 3.05) is 42.7 Å². The van der Waals surface area contributed by atoms with Gasteiger partial charge in [-0.25, -0.2) is 0 Å². The van der Waals surface area contributed by atoms with Crippen molar-refractivity contribution < 1.29 is 10.2 Å². The van der Waals surface area contributed by atoms with Crippen LogP contribution in [0, 0.1) is 0 Å². The molecule has 23 heavy (non-hydrogen) atoms. The van der Waals surface area contributed by atoms with Crippen molar-refractivity contribution in [3.63, 3.8) is 0 Å². The van der Waals surface area contributed by atoms with Gasteiger partial charge < -0.3 is 26.6 Å². The Balaban J connectivity index is 2.52. The molecule has 132 valence electrons. The van der Waals surface area contributed by atoms with Crippen LogP contribution in [-0.4, -0.2) is 51.5 Å². The van der Waals surface area contributed by atoms with E-state index in [1.165, 1.54) is 0 Å². The van der Waals surface area contributed by atoms with Crippen molar-refractivity contribution in [1.82, 2.24) is 15.0 Å². The quantitative estimate of drug-likeness (QED) is 0.393. The van der Waals surface area contributed by atoms with Gasteiger partial charge in [0, 0.05) is 26.3 Å². The number of unbranched alkanes of at least 4 members (excludes halogenated alkanes) is 6. The van der Waals surface area contributed by atoms with Crippen LogP contribution >= 0.6 is 0 Å². The highest BCUT2D eigenvalue weighted by Crippen LogP contribution is 2.14. The van der Waals surface area contributed by atoms with Crippen LogP contribution in [0.4, 0.5) is 17.8 Å². The third-order valence-electron chi connectivity index (χ3n) is 3.61. The Hall–Kier alpha value is -1.67. The number of hydrogen-bond donors (Lipinski definition) is 4. The first-order valence-corrected chi connectivity index (χ1v) is 8.41. The van der Waals surface area contributed by atoms with E-state index in [1.54, 1.807) is 0 Å². The van der Waals surface area contributed by atoms with Gasteiger partial charge in [-0.05, 0) is 25.7 Å². The summed E-state index contributed by atoms with van der Waals surface area (Å²) in [7, 11) is 0. The summed E-state index contributed by atoms with van der Waals surface area (Å²) in [6, 6.07) is 0. The minimum atomic E-state index is 0.137. The van der Waals surface area contributed by atoms with Gasteiger partial charge >= 0.3 is 0 Å². The summed E-state index contributed by atoms with van der Waals surface area (Å²) in [5.41, 5.74) is 11.3. The van der Waals surface area contributed by atoms with E-state index in [0.717, 1.165) is 64.5 Å². The van der Waals surface area contributed by atoms with Crippen LogP contribution in [0.2, 0.25) is 0 Å². The SMILES string of the molecule is Nc1nc(N)nc(N(CCCCCCO)CCCCCCO)n1. The van der Waals surface area contributed by atoms with Crippen LogP contribution in [-0.2, 0) is 0 Å². The van der Waals surface area contributed by atoms with Gasteiger partial charge in [0.1, 0.15) is 0 Å². The van der Waals surface area contributed by atoms with Crippen molar-refractivity contribution in [2.45, 2.75) is 51.4 Å². The standard InChI is InChI=1S/C15H30N6O2/c16-13-18-14(17)20-15(19-13)21(9-5-1-3-7-11-22)10-6-2-4-8-12-23/h22-23H,1-12H2,(H4,16,17,18,19,20). The summed E-state index contributed by atoms with van der Waals surface area (Å²) in [6.45, 7) is 2.15. The molecule has 0 unspecified atom stereocenters. The molecule has 0 aliphatic heterocycles. The van der Waals surface area contributed by atoms with Crippen LogP contribution in [0.1, 0.15) is 51.4 Å². The second-order valence-corrected chi connectivity index (χ2v) is 5.61. The number of aliphatic hydroxyl groups excluding tert-OH is 2. The molecule has 0 aliphatic carbocycles. The fourth-order valence-electron chi connectivity index (χ4n) is 2.39. The predicted octanol–water partition coefficient (Wildman–Crippen LogP) is 0.948. The number of nitrogen functional groups attached to an aromatic ring is 2. The largest absolute Gasteiger partial charge is 0.396 e. The van der Waals surface area contributed by atoms with Crippen LogP contribution < -0.4 is 16.4 Å². The van der Waals surface area contributed by atoms with Crippen molar-refractivity contribution in [2.24, 2.45) is 0 Å². The second-order valence-electron chi connectivity index (χ2n) is 5.61. The Labute approximate surface area is 137 Å². The molecule has 1 aromatic heterocycles. The summed E-state index contributed by atoms with van der Waals surface area (Å²) in [4.78, 5) is 14.3. The van der Waals surface area contributed by atoms with Gasteiger partial charge in [-0.2, -0.15) is 15.0 Å². The Bertz CT molecular complexity index is 398. The van der Waals surface area contributed by atoms with Crippen molar-refractivity contribution in [3.8, 4) is 0 Å². The number of nitrogens with zero attached hydrogens (tertiary/aromatic N) is 4. The highest BCUT2D eigenvalue weighted by Gasteiger charge is 2.11. The maximum atomic E-state index is 8.82. The van der Waals surface area contributed by atoms with Gasteiger partial charge in [-0.1, -0.05) is 25.7 Å². The first-order valence-electron chi connectivity index (χ1n) is 8.41. The average molecular weight is 326 g/mol. The third-order valence-corrected chi connectivity index (χ3v) is 3.61. The summed E-state index contributed by atoms with van der Waals surface area (Å²) < 4.78 is 0. The minimum Gasteiger partial charge on any atom is -0.396 e. The van der Waals surface area contributed by atoms with Crippen molar-refractivity contribution >= 4 is 17.8 Å². The van der Waals surface area contributed by atoms with Crippen LogP contribution in [0.15, 0.2) is 0 Å². The zero-order valence-corrected chi connectivity index (χ0v) is 13.8. The van der Waals surface area contributed by atoms with Crippen molar-refractivity contribution in [1.29, 1.82) is 0 Å².